The second kappa shape index (κ2) is 5.26. The minimum absolute atomic E-state index is 0.241. The zero-order valence-electron chi connectivity index (χ0n) is 9.32. The van der Waals surface area contributed by atoms with Gasteiger partial charge in [-0.15, -0.1) is 0 Å². The molecule has 1 heterocycles. The van der Waals surface area contributed by atoms with E-state index in [4.69, 9.17) is 34.2 Å². The Morgan fingerprint density at radius 1 is 1.22 bits per heavy atom. The largest absolute Gasteiger partial charge is 0.384 e. The second-order valence-electron chi connectivity index (χ2n) is 3.73. The van der Waals surface area contributed by atoms with Crippen molar-refractivity contribution in [2.45, 2.75) is 6.42 Å². The van der Waals surface area contributed by atoms with Gasteiger partial charge in [-0.3, -0.25) is 0 Å². The van der Waals surface area contributed by atoms with E-state index in [1.807, 2.05) is 0 Å². The van der Waals surface area contributed by atoms with Crippen molar-refractivity contribution in [3.05, 3.63) is 46.1 Å². The van der Waals surface area contributed by atoms with Crippen LogP contribution in [-0.4, -0.2) is 4.98 Å². The third-order valence-electron chi connectivity index (χ3n) is 2.50. The van der Waals surface area contributed by atoms with Gasteiger partial charge in [0.15, 0.2) is 0 Å². The smallest absolute Gasteiger partial charge is 0.123 e. The van der Waals surface area contributed by atoms with Crippen molar-refractivity contribution in [3.8, 4) is 17.2 Å². The molecular formula is C13H9Cl2N3. The number of nitriles is 1. The van der Waals surface area contributed by atoms with Gasteiger partial charge in [0.25, 0.3) is 0 Å². The molecule has 0 aliphatic heterocycles. The van der Waals surface area contributed by atoms with Crippen LogP contribution in [0.3, 0.4) is 0 Å². The Morgan fingerprint density at radius 3 is 2.72 bits per heavy atom. The fraction of sp³-hybridized carbons (Fsp3) is 0.0769. The molecule has 2 N–H and O–H groups in total. The zero-order chi connectivity index (χ0) is 13.1. The average molecular weight is 278 g/mol. The summed E-state index contributed by atoms with van der Waals surface area (Å²) in [7, 11) is 0. The lowest BCUT2D eigenvalue weighted by Gasteiger charge is -2.09. The van der Waals surface area contributed by atoms with Crippen molar-refractivity contribution < 1.29 is 0 Å². The van der Waals surface area contributed by atoms with E-state index in [1.165, 1.54) is 0 Å². The molecule has 0 spiro atoms. The van der Waals surface area contributed by atoms with Crippen LogP contribution in [0.5, 0.6) is 0 Å². The number of hydrogen-bond acceptors (Lipinski definition) is 3. The highest BCUT2D eigenvalue weighted by Crippen LogP contribution is 2.33. The van der Waals surface area contributed by atoms with Gasteiger partial charge in [0.2, 0.25) is 0 Å². The van der Waals surface area contributed by atoms with Gasteiger partial charge < -0.3 is 5.73 Å². The van der Waals surface area contributed by atoms with E-state index in [1.54, 1.807) is 30.5 Å². The first-order valence-electron chi connectivity index (χ1n) is 5.18. The molecule has 0 saturated heterocycles. The number of benzene rings is 1. The maximum atomic E-state index is 8.84. The van der Waals surface area contributed by atoms with Crippen molar-refractivity contribution >= 4 is 29.0 Å². The van der Waals surface area contributed by atoms with Gasteiger partial charge in [-0.2, -0.15) is 5.26 Å². The van der Waals surface area contributed by atoms with E-state index < -0.39 is 0 Å². The minimum atomic E-state index is 0.241. The van der Waals surface area contributed by atoms with Gasteiger partial charge >= 0.3 is 0 Å². The van der Waals surface area contributed by atoms with Gasteiger partial charge in [0, 0.05) is 27.4 Å². The Balaban J connectivity index is 2.63. The number of aromatic nitrogens is 1. The summed E-state index contributed by atoms with van der Waals surface area (Å²) >= 11 is 12.1. The zero-order valence-corrected chi connectivity index (χ0v) is 10.8. The van der Waals surface area contributed by atoms with Gasteiger partial charge in [-0.05, 0) is 29.8 Å². The SMILES string of the molecule is N#CCc1cc(N)ncc1-c1cc(Cl)ccc1Cl. The quantitative estimate of drug-likeness (QED) is 0.910. The summed E-state index contributed by atoms with van der Waals surface area (Å²) in [6.45, 7) is 0. The maximum absolute atomic E-state index is 8.84. The number of rotatable bonds is 2. The lowest BCUT2D eigenvalue weighted by molar-refractivity contribution is 1.22. The molecule has 3 nitrogen and oxygen atoms in total. The number of hydrogen-bond donors (Lipinski definition) is 1. The van der Waals surface area contributed by atoms with Crippen molar-refractivity contribution in [2.75, 3.05) is 5.73 Å². The van der Waals surface area contributed by atoms with Crippen molar-refractivity contribution in [3.63, 3.8) is 0 Å². The molecule has 0 fully saturated rings. The van der Waals surface area contributed by atoms with Crippen LogP contribution in [0.15, 0.2) is 30.5 Å². The molecule has 5 heteroatoms. The first-order chi connectivity index (χ1) is 8.61. The molecule has 1 aromatic carbocycles. The first kappa shape index (κ1) is 12.7. The molecule has 0 saturated carbocycles. The van der Waals surface area contributed by atoms with Crippen LogP contribution >= 0.6 is 23.2 Å². The Morgan fingerprint density at radius 2 is 2.00 bits per heavy atom. The summed E-state index contributed by atoms with van der Waals surface area (Å²) < 4.78 is 0. The van der Waals surface area contributed by atoms with Crippen molar-refractivity contribution in [1.29, 1.82) is 5.26 Å². The molecule has 0 aliphatic rings. The Labute approximate surface area is 115 Å². The summed E-state index contributed by atoms with van der Waals surface area (Å²) in [5, 5.41) is 9.97. The van der Waals surface area contributed by atoms with Gasteiger partial charge in [-0.25, -0.2) is 4.98 Å². The van der Waals surface area contributed by atoms with E-state index in [9.17, 15) is 0 Å². The number of nitrogens with two attached hydrogens (primary N) is 1. The molecule has 0 aliphatic carbocycles. The summed E-state index contributed by atoms with van der Waals surface area (Å²) in [5.41, 5.74) is 7.94. The van der Waals surface area contributed by atoms with E-state index >= 15 is 0 Å². The van der Waals surface area contributed by atoms with Crippen molar-refractivity contribution in [2.24, 2.45) is 0 Å². The molecule has 0 unspecified atom stereocenters. The fourth-order valence-corrected chi connectivity index (χ4v) is 2.08. The summed E-state index contributed by atoms with van der Waals surface area (Å²) in [6, 6.07) is 8.94. The van der Waals surface area contributed by atoms with Gasteiger partial charge in [-0.1, -0.05) is 23.2 Å². The number of anilines is 1. The molecule has 2 aromatic rings. The highest BCUT2D eigenvalue weighted by Gasteiger charge is 2.10. The molecule has 18 heavy (non-hydrogen) atoms. The van der Waals surface area contributed by atoms with Crippen molar-refractivity contribution in [1.82, 2.24) is 4.98 Å². The van der Waals surface area contributed by atoms with Crippen LogP contribution in [0.25, 0.3) is 11.1 Å². The molecule has 0 amide bonds. The molecule has 1 aromatic heterocycles. The molecular weight excluding hydrogens is 269 g/mol. The standard InChI is InChI=1S/C13H9Cl2N3/c14-9-1-2-12(15)10(6-9)11-7-18-13(17)5-8(11)3-4-16/h1-2,5-7H,3H2,(H2,17,18). The number of pyridine rings is 1. The predicted molar refractivity (Wildman–Crippen MR) is 73.4 cm³/mol. The van der Waals surface area contributed by atoms with Gasteiger partial charge in [0.05, 0.1) is 12.5 Å². The highest BCUT2D eigenvalue weighted by atomic mass is 35.5. The molecule has 0 bridgehead atoms. The van der Waals surface area contributed by atoms with Crippen LogP contribution in [0.1, 0.15) is 5.56 Å². The van der Waals surface area contributed by atoms with Gasteiger partial charge in [0.1, 0.15) is 5.82 Å². The van der Waals surface area contributed by atoms with E-state index in [2.05, 4.69) is 11.1 Å². The molecule has 0 radical (unpaired) electrons. The Bertz CT molecular complexity index is 633. The number of halogens is 2. The molecule has 90 valence electrons. The third-order valence-corrected chi connectivity index (χ3v) is 3.06. The van der Waals surface area contributed by atoms with E-state index in [-0.39, 0.29) is 6.42 Å². The number of nitrogen functional groups attached to an aromatic ring is 1. The average Bonchev–Trinajstić information content (AvgIpc) is 2.33. The normalized spacial score (nSPS) is 10.1. The summed E-state index contributed by atoms with van der Waals surface area (Å²) in [4.78, 5) is 4.04. The number of nitrogens with zero attached hydrogens (tertiary/aromatic N) is 2. The lowest BCUT2D eigenvalue weighted by atomic mass is 10.00. The predicted octanol–water partition coefficient (Wildman–Crippen LogP) is 3.70. The van der Waals surface area contributed by atoms with Crippen LogP contribution < -0.4 is 5.73 Å². The van der Waals surface area contributed by atoms with E-state index in [0.29, 0.717) is 15.9 Å². The van der Waals surface area contributed by atoms with Crippen LogP contribution in [0.4, 0.5) is 5.82 Å². The second-order valence-corrected chi connectivity index (χ2v) is 4.57. The highest BCUT2D eigenvalue weighted by molar-refractivity contribution is 6.35. The Hall–Kier alpha value is -1.76. The summed E-state index contributed by atoms with van der Waals surface area (Å²) in [6.07, 6.45) is 1.85. The minimum Gasteiger partial charge on any atom is -0.384 e. The Kier molecular flexibility index (Phi) is 3.71. The summed E-state index contributed by atoms with van der Waals surface area (Å²) in [5.74, 6) is 0.377. The third kappa shape index (κ3) is 2.56. The van der Waals surface area contributed by atoms with E-state index in [0.717, 1.165) is 16.7 Å². The van der Waals surface area contributed by atoms with Crippen LogP contribution in [0, 0.1) is 11.3 Å². The first-order valence-corrected chi connectivity index (χ1v) is 5.94. The topological polar surface area (TPSA) is 62.7 Å². The molecule has 0 atom stereocenters. The lowest BCUT2D eigenvalue weighted by Crippen LogP contribution is -1.96. The van der Waals surface area contributed by atoms with Crippen LogP contribution in [-0.2, 0) is 6.42 Å². The van der Waals surface area contributed by atoms with Crippen LogP contribution in [0.2, 0.25) is 10.0 Å². The molecule has 2 rings (SSSR count). The maximum Gasteiger partial charge on any atom is 0.123 e. The fourth-order valence-electron chi connectivity index (χ4n) is 1.69. The monoisotopic (exact) mass is 277 g/mol.